The standard InChI is InChI=1S/C12H10BrN3O/c1-8-4-10(17-16-8)7-15-12-3-2-9(6-14)5-11(12)13/h2-5,15H,7H2,1H3. The molecule has 86 valence electrons. The predicted molar refractivity (Wildman–Crippen MR) is 67.4 cm³/mol. The van der Waals surface area contributed by atoms with Gasteiger partial charge in [-0.2, -0.15) is 5.26 Å². The summed E-state index contributed by atoms with van der Waals surface area (Å²) in [4.78, 5) is 0. The Kier molecular flexibility index (Phi) is 3.45. The van der Waals surface area contributed by atoms with Crippen molar-refractivity contribution in [2.45, 2.75) is 13.5 Å². The molecular weight excluding hydrogens is 282 g/mol. The molecule has 0 saturated heterocycles. The van der Waals surface area contributed by atoms with Crippen molar-refractivity contribution in [2.24, 2.45) is 0 Å². The molecule has 0 aliphatic rings. The van der Waals surface area contributed by atoms with E-state index in [1.807, 2.05) is 19.1 Å². The summed E-state index contributed by atoms with van der Waals surface area (Å²) in [6.07, 6.45) is 0. The lowest BCUT2D eigenvalue weighted by atomic mass is 10.2. The van der Waals surface area contributed by atoms with Crippen LogP contribution in [0.1, 0.15) is 17.0 Å². The average Bonchev–Trinajstić information content (AvgIpc) is 2.73. The van der Waals surface area contributed by atoms with E-state index >= 15 is 0 Å². The zero-order valence-electron chi connectivity index (χ0n) is 9.20. The van der Waals surface area contributed by atoms with E-state index in [0.717, 1.165) is 21.6 Å². The van der Waals surface area contributed by atoms with Crippen molar-refractivity contribution >= 4 is 21.6 Å². The summed E-state index contributed by atoms with van der Waals surface area (Å²) in [5.74, 6) is 0.777. The lowest BCUT2D eigenvalue weighted by Crippen LogP contribution is -1.99. The third kappa shape index (κ3) is 2.86. The van der Waals surface area contributed by atoms with E-state index in [1.54, 1.807) is 12.1 Å². The molecule has 5 heteroatoms. The van der Waals surface area contributed by atoms with E-state index in [2.05, 4.69) is 32.5 Å². The van der Waals surface area contributed by atoms with Crippen LogP contribution in [0.15, 0.2) is 33.3 Å². The van der Waals surface area contributed by atoms with Gasteiger partial charge in [-0.25, -0.2) is 0 Å². The lowest BCUT2D eigenvalue weighted by molar-refractivity contribution is 0.384. The molecule has 0 aliphatic carbocycles. The van der Waals surface area contributed by atoms with E-state index in [0.29, 0.717) is 12.1 Å². The molecule has 0 bridgehead atoms. The minimum atomic E-state index is 0.561. The normalized spacial score (nSPS) is 9.94. The number of nitrogens with zero attached hydrogens (tertiary/aromatic N) is 2. The van der Waals surface area contributed by atoms with Crippen LogP contribution in [0.5, 0.6) is 0 Å². The van der Waals surface area contributed by atoms with Gasteiger partial charge >= 0.3 is 0 Å². The van der Waals surface area contributed by atoms with Gasteiger partial charge in [0.25, 0.3) is 0 Å². The Labute approximate surface area is 107 Å². The Hall–Kier alpha value is -1.80. The molecule has 17 heavy (non-hydrogen) atoms. The van der Waals surface area contributed by atoms with Crippen LogP contribution < -0.4 is 5.32 Å². The highest BCUT2D eigenvalue weighted by Gasteiger charge is 2.03. The highest BCUT2D eigenvalue weighted by molar-refractivity contribution is 9.10. The zero-order valence-corrected chi connectivity index (χ0v) is 10.8. The maximum absolute atomic E-state index is 8.75. The van der Waals surface area contributed by atoms with Crippen LogP contribution in [0.2, 0.25) is 0 Å². The van der Waals surface area contributed by atoms with Crippen molar-refractivity contribution in [1.82, 2.24) is 5.16 Å². The molecule has 1 heterocycles. The summed E-state index contributed by atoms with van der Waals surface area (Å²) in [5, 5.41) is 15.8. The summed E-state index contributed by atoms with van der Waals surface area (Å²) in [7, 11) is 0. The topological polar surface area (TPSA) is 61.9 Å². The van der Waals surface area contributed by atoms with Crippen LogP contribution in [0, 0.1) is 18.3 Å². The molecule has 0 unspecified atom stereocenters. The Morgan fingerprint density at radius 1 is 1.47 bits per heavy atom. The van der Waals surface area contributed by atoms with Gasteiger partial charge in [-0.3, -0.25) is 0 Å². The molecule has 0 radical (unpaired) electrons. The number of rotatable bonds is 3. The minimum absolute atomic E-state index is 0.561. The second kappa shape index (κ2) is 5.02. The van der Waals surface area contributed by atoms with Crippen LogP contribution in [-0.2, 0) is 6.54 Å². The molecule has 2 rings (SSSR count). The van der Waals surface area contributed by atoms with Crippen LogP contribution in [-0.4, -0.2) is 5.16 Å². The number of halogens is 1. The van der Waals surface area contributed by atoms with Crippen molar-refractivity contribution in [1.29, 1.82) is 5.26 Å². The van der Waals surface area contributed by atoms with E-state index in [9.17, 15) is 0 Å². The molecule has 1 N–H and O–H groups in total. The number of benzene rings is 1. The van der Waals surface area contributed by atoms with Crippen LogP contribution >= 0.6 is 15.9 Å². The maximum Gasteiger partial charge on any atom is 0.156 e. The number of nitrogens with one attached hydrogen (secondary N) is 1. The molecule has 0 atom stereocenters. The monoisotopic (exact) mass is 291 g/mol. The van der Waals surface area contributed by atoms with Gasteiger partial charge in [0.1, 0.15) is 0 Å². The quantitative estimate of drug-likeness (QED) is 0.943. The summed E-state index contributed by atoms with van der Waals surface area (Å²) in [5.41, 5.74) is 2.40. The Bertz CT molecular complexity index is 571. The first kappa shape index (κ1) is 11.7. The van der Waals surface area contributed by atoms with Crippen molar-refractivity contribution in [2.75, 3.05) is 5.32 Å². The summed E-state index contributed by atoms with van der Waals surface area (Å²) in [6.45, 7) is 2.44. The molecule has 0 amide bonds. The number of hydrogen-bond donors (Lipinski definition) is 1. The first-order valence-corrected chi connectivity index (χ1v) is 5.84. The third-order valence-electron chi connectivity index (χ3n) is 2.23. The number of aryl methyl sites for hydroxylation is 1. The first-order chi connectivity index (χ1) is 8.19. The molecule has 1 aromatic carbocycles. The summed E-state index contributed by atoms with van der Waals surface area (Å²) < 4.78 is 5.95. The Morgan fingerprint density at radius 3 is 2.88 bits per heavy atom. The fourth-order valence-corrected chi connectivity index (χ4v) is 1.93. The van der Waals surface area contributed by atoms with Gasteiger partial charge in [-0.1, -0.05) is 5.16 Å². The Balaban J connectivity index is 2.07. The molecule has 2 aromatic rings. The van der Waals surface area contributed by atoms with Gasteiger partial charge in [-0.15, -0.1) is 0 Å². The number of aromatic nitrogens is 1. The van der Waals surface area contributed by atoms with Crippen molar-refractivity contribution in [3.05, 3.63) is 45.8 Å². The predicted octanol–water partition coefficient (Wildman–Crippen LogP) is 3.23. The number of anilines is 1. The molecule has 0 aliphatic heterocycles. The zero-order chi connectivity index (χ0) is 12.3. The maximum atomic E-state index is 8.75. The minimum Gasteiger partial charge on any atom is -0.377 e. The van der Waals surface area contributed by atoms with Gasteiger partial charge in [0.05, 0.1) is 23.9 Å². The molecular formula is C12H10BrN3O. The van der Waals surface area contributed by atoms with E-state index in [4.69, 9.17) is 9.78 Å². The second-order valence-electron chi connectivity index (χ2n) is 3.59. The molecule has 0 fully saturated rings. The fraction of sp³-hybridized carbons (Fsp3) is 0.167. The fourth-order valence-electron chi connectivity index (χ4n) is 1.41. The summed E-state index contributed by atoms with van der Waals surface area (Å²) in [6, 6.07) is 9.35. The SMILES string of the molecule is Cc1cc(CNc2ccc(C#N)cc2Br)on1. The smallest absolute Gasteiger partial charge is 0.156 e. The van der Waals surface area contributed by atoms with Gasteiger partial charge in [0.15, 0.2) is 5.76 Å². The number of hydrogen-bond acceptors (Lipinski definition) is 4. The summed E-state index contributed by atoms with van der Waals surface area (Å²) >= 11 is 3.41. The average molecular weight is 292 g/mol. The van der Waals surface area contributed by atoms with Crippen LogP contribution in [0.3, 0.4) is 0 Å². The van der Waals surface area contributed by atoms with Crippen molar-refractivity contribution in [3.63, 3.8) is 0 Å². The van der Waals surface area contributed by atoms with Gasteiger partial charge < -0.3 is 9.84 Å². The van der Waals surface area contributed by atoms with Crippen LogP contribution in [0.4, 0.5) is 5.69 Å². The van der Waals surface area contributed by atoms with Gasteiger partial charge in [0, 0.05) is 16.2 Å². The second-order valence-corrected chi connectivity index (χ2v) is 4.45. The van der Waals surface area contributed by atoms with Gasteiger partial charge in [-0.05, 0) is 41.1 Å². The van der Waals surface area contributed by atoms with E-state index < -0.39 is 0 Å². The van der Waals surface area contributed by atoms with Gasteiger partial charge in [0.2, 0.25) is 0 Å². The van der Waals surface area contributed by atoms with Crippen molar-refractivity contribution in [3.8, 4) is 6.07 Å². The van der Waals surface area contributed by atoms with E-state index in [-0.39, 0.29) is 0 Å². The Morgan fingerprint density at radius 2 is 2.29 bits per heavy atom. The molecule has 1 aromatic heterocycles. The third-order valence-corrected chi connectivity index (χ3v) is 2.88. The molecule has 4 nitrogen and oxygen atoms in total. The largest absolute Gasteiger partial charge is 0.377 e. The van der Waals surface area contributed by atoms with E-state index in [1.165, 1.54) is 0 Å². The lowest BCUT2D eigenvalue weighted by Gasteiger charge is -2.06. The first-order valence-electron chi connectivity index (χ1n) is 5.05. The van der Waals surface area contributed by atoms with Crippen LogP contribution in [0.25, 0.3) is 0 Å². The van der Waals surface area contributed by atoms with Crippen molar-refractivity contribution < 1.29 is 4.52 Å². The number of nitriles is 1. The molecule has 0 saturated carbocycles. The molecule has 0 spiro atoms. The highest BCUT2D eigenvalue weighted by Crippen LogP contribution is 2.23. The highest BCUT2D eigenvalue weighted by atomic mass is 79.9.